The molecule has 1 amide bonds. The second-order valence-electron chi connectivity index (χ2n) is 5.57. The van der Waals surface area contributed by atoms with E-state index in [1.165, 1.54) is 0 Å². The molecule has 0 radical (unpaired) electrons. The van der Waals surface area contributed by atoms with Gasteiger partial charge < -0.3 is 10.2 Å². The second kappa shape index (κ2) is 5.72. The lowest BCUT2D eigenvalue weighted by Gasteiger charge is -2.33. The fourth-order valence-electron chi connectivity index (χ4n) is 3.02. The third-order valence-corrected chi connectivity index (χ3v) is 5.38. The highest BCUT2D eigenvalue weighted by atomic mass is 32.2. The number of carbonyl (C=O) groups excluding carboxylic acids is 1. The van der Waals surface area contributed by atoms with Crippen LogP contribution in [0.25, 0.3) is 0 Å². The molecule has 7 heteroatoms. The summed E-state index contributed by atoms with van der Waals surface area (Å²) in [7, 11) is -3.61. The van der Waals surface area contributed by atoms with Crippen LogP contribution in [0.2, 0.25) is 0 Å². The van der Waals surface area contributed by atoms with Gasteiger partial charge in [0.15, 0.2) is 5.84 Å². The zero-order chi connectivity index (χ0) is 15.7. The fraction of sp³-hybridized carbons (Fsp3) is 0.467. The van der Waals surface area contributed by atoms with Crippen LogP contribution in [0.5, 0.6) is 0 Å². The summed E-state index contributed by atoms with van der Waals surface area (Å²) >= 11 is 0. The van der Waals surface area contributed by atoms with Crippen molar-refractivity contribution in [1.29, 1.82) is 0 Å². The van der Waals surface area contributed by atoms with E-state index in [9.17, 15) is 13.2 Å². The highest BCUT2D eigenvalue weighted by molar-refractivity contribution is 7.90. The van der Waals surface area contributed by atoms with Gasteiger partial charge in [0, 0.05) is 25.2 Å². The Morgan fingerprint density at radius 2 is 2.18 bits per heavy atom. The number of nitrogens with zero attached hydrogens (tertiary/aromatic N) is 2. The predicted octanol–water partition coefficient (Wildman–Crippen LogP) is 0.984. The molecule has 2 aliphatic heterocycles. The van der Waals surface area contributed by atoms with Crippen molar-refractivity contribution in [1.82, 2.24) is 10.2 Å². The molecule has 3 rings (SSSR count). The van der Waals surface area contributed by atoms with Gasteiger partial charge in [-0.05, 0) is 31.9 Å². The van der Waals surface area contributed by atoms with E-state index in [4.69, 9.17) is 0 Å². The van der Waals surface area contributed by atoms with Crippen LogP contribution in [0.15, 0.2) is 33.6 Å². The average molecular weight is 321 g/mol. The molecular weight excluding hydrogens is 302 g/mol. The van der Waals surface area contributed by atoms with Crippen LogP contribution >= 0.6 is 0 Å². The number of nitrogens with one attached hydrogen (secondary N) is 1. The van der Waals surface area contributed by atoms with Gasteiger partial charge in [0.2, 0.25) is 5.91 Å². The van der Waals surface area contributed by atoms with Crippen molar-refractivity contribution in [2.24, 2.45) is 10.3 Å². The van der Waals surface area contributed by atoms with E-state index >= 15 is 0 Å². The lowest BCUT2D eigenvalue weighted by Crippen LogP contribution is -2.45. The zero-order valence-electron chi connectivity index (χ0n) is 12.4. The Morgan fingerprint density at radius 1 is 1.41 bits per heavy atom. The number of piperidine rings is 1. The molecular formula is C15H19N3O3S. The first-order chi connectivity index (χ1) is 10.5. The van der Waals surface area contributed by atoms with Gasteiger partial charge in [-0.15, -0.1) is 4.40 Å². The van der Waals surface area contributed by atoms with Gasteiger partial charge in [-0.3, -0.25) is 4.79 Å². The minimum Gasteiger partial charge on any atom is -0.356 e. The molecule has 0 bridgehead atoms. The molecule has 1 aromatic carbocycles. The van der Waals surface area contributed by atoms with Crippen LogP contribution in [-0.2, 0) is 14.8 Å². The van der Waals surface area contributed by atoms with E-state index in [2.05, 4.69) is 9.71 Å². The van der Waals surface area contributed by atoms with Crippen LogP contribution in [0.4, 0.5) is 0 Å². The number of amidine groups is 1. The van der Waals surface area contributed by atoms with E-state index in [-0.39, 0.29) is 16.7 Å². The van der Waals surface area contributed by atoms with E-state index in [0.29, 0.717) is 24.5 Å². The molecule has 1 atom stereocenters. The van der Waals surface area contributed by atoms with E-state index in [0.717, 1.165) is 19.4 Å². The summed E-state index contributed by atoms with van der Waals surface area (Å²) in [5, 5.41) is 2.84. The van der Waals surface area contributed by atoms with Crippen LogP contribution < -0.4 is 5.32 Å². The molecule has 1 saturated heterocycles. The molecule has 0 saturated carbocycles. The van der Waals surface area contributed by atoms with E-state index in [1.807, 2.05) is 11.8 Å². The first-order valence-corrected chi connectivity index (χ1v) is 8.94. The first-order valence-electron chi connectivity index (χ1n) is 7.50. The minimum atomic E-state index is -3.61. The van der Waals surface area contributed by atoms with Crippen molar-refractivity contribution in [2.45, 2.75) is 24.7 Å². The maximum Gasteiger partial charge on any atom is 0.285 e. The first kappa shape index (κ1) is 15.0. The number of sulfonamides is 1. The molecule has 0 aliphatic carbocycles. The Morgan fingerprint density at radius 3 is 2.95 bits per heavy atom. The Bertz CT molecular complexity index is 727. The summed E-state index contributed by atoms with van der Waals surface area (Å²) in [4.78, 5) is 14.2. The normalized spacial score (nSPS) is 22.9. The van der Waals surface area contributed by atoms with Gasteiger partial charge >= 0.3 is 0 Å². The predicted molar refractivity (Wildman–Crippen MR) is 83.1 cm³/mol. The summed E-state index contributed by atoms with van der Waals surface area (Å²) in [6.07, 6.45) is 1.67. The standard InChI is InChI=1S/C15H19N3O3S/c1-2-16-15(19)11-6-5-9-18(10-11)14-12-7-3-4-8-13(12)22(20,21)17-14/h3-4,7-8,11H,2,5-6,9-10H2,1H3,(H,16,19)/t11-/m0/s1. The number of carbonyl (C=O) groups is 1. The topological polar surface area (TPSA) is 78.8 Å². The van der Waals surface area contributed by atoms with Crippen molar-refractivity contribution in [3.05, 3.63) is 29.8 Å². The molecule has 0 aromatic heterocycles. The number of fused-ring (bicyclic) bond motifs is 1. The van der Waals surface area contributed by atoms with E-state index < -0.39 is 10.0 Å². The van der Waals surface area contributed by atoms with Gasteiger partial charge in [-0.1, -0.05) is 12.1 Å². The number of likely N-dealkylation sites (tertiary alicyclic amines) is 1. The summed E-state index contributed by atoms with van der Waals surface area (Å²) in [5.41, 5.74) is 0.638. The third kappa shape index (κ3) is 2.61. The van der Waals surface area contributed by atoms with Crippen molar-refractivity contribution in [3.63, 3.8) is 0 Å². The van der Waals surface area contributed by atoms with Crippen molar-refractivity contribution < 1.29 is 13.2 Å². The van der Waals surface area contributed by atoms with E-state index in [1.54, 1.807) is 24.3 Å². The third-order valence-electron chi connectivity index (χ3n) is 4.06. The summed E-state index contributed by atoms with van der Waals surface area (Å²) in [6.45, 7) is 3.73. The molecule has 22 heavy (non-hydrogen) atoms. The maximum absolute atomic E-state index is 12.1. The molecule has 6 nitrogen and oxygen atoms in total. The van der Waals surface area contributed by atoms with Gasteiger partial charge in [0.25, 0.3) is 10.0 Å². The largest absolute Gasteiger partial charge is 0.356 e. The molecule has 0 spiro atoms. The van der Waals surface area contributed by atoms with Crippen molar-refractivity contribution >= 4 is 21.8 Å². The van der Waals surface area contributed by atoms with Crippen LogP contribution in [0, 0.1) is 5.92 Å². The fourth-order valence-corrected chi connectivity index (χ4v) is 4.25. The van der Waals surface area contributed by atoms with Crippen LogP contribution in [0.3, 0.4) is 0 Å². The highest BCUT2D eigenvalue weighted by Gasteiger charge is 2.34. The summed E-state index contributed by atoms with van der Waals surface area (Å²) < 4.78 is 28.2. The van der Waals surface area contributed by atoms with Gasteiger partial charge in [0.1, 0.15) is 4.90 Å². The molecule has 118 valence electrons. The number of benzene rings is 1. The Hall–Kier alpha value is -1.89. The quantitative estimate of drug-likeness (QED) is 0.881. The minimum absolute atomic E-state index is 0.0296. The van der Waals surface area contributed by atoms with Gasteiger partial charge in [-0.25, -0.2) is 0 Å². The van der Waals surface area contributed by atoms with Crippen LogP contribution in [-0.4, -0.2) is 44.7 Å². The van der Waals surface area contributed by atoms with Crippen LogP contribution in [0.1, 0.15) is 25.3 Å². The Kier molecular flexibility index (Phi) is 3.90. The molecule has 2 aliphatic rings. The molecule has 1 fully saturated rings. The number of rotatable bonds is 2. The lowest BCUT2D eigenvalue weighted by atomic mass is 9.96. The Balaban J connectivity index is 1.87. The SMILES string of the molecule is CCNC(=O)[C@H]1CCCN(C2=NS(=O)(=O)c3ccccc32)C1. The molecule has 2 heterocycles. The highest BCUT2D eigenvalue weighted by Crippen LogP contribution is 2.29. The van der Waals surface area contributed by atoms with Crippen molar-refractivity contribution in [2.75, 3.05) is 19.6 Å². The molecule has 1 aromatic rings. The zero-order valence-corrected chi connectivity index (χ0v) is 13.3. The second-order valence-corrected chi connectivity index (χ2v) is 7.14. The van der Waals surface area contributed by atoms with Crippen molar-refractivity contribution in [3.8, 4) is 0 Å². The Labute approximate surface area is 130 Å². The number of hydrogen-bond donors (Lipinski definition) is 1. The smallest absolute Gasteiger partial charge is 0.285 e. The average Bonchev–Trinajstić information content (AvgIpc) is 2.80. The summed E-state index contributed by atoms with van der Waals surface area (Å²) in [5.74, 6) is 0.387. The number of hydrogen-bond acceptors (Lipinski definition) is 4. The van der Waals surface area contributed by atoms with Gasteiger partial charge in [0.05, 0.1) is 5.92 Å². The monoisotopic (exact) mass is 321 g/mol. The lowest BCUT2D eigenvalue weighted by molar-refractivity contribution is -0.126. The number of amides is 1. The molecule has 1 N–H and O–H groups in total. The summed E-state index contributed by atoms with van der Waals surface area (Å²) in [6, 6.07) is 6.85. The van der Waals surface area contributed by atoms with Gasteiger partial charge in [-0.2, -0.15) is 8.42 Å². The molecule has 0 unspecified atom stereocenters. The maximum atomic E-state index is 12.1.